The SMILES string of the molecule is CC1(C)C=CC=C(/C=C/c2ccc(/C=C/C3=CC(C#N)C=CC=C3)cc2)C=C1. The van der Waals surface area contributed by atoms with Crippen molar-refractivity contribution in [3.8, 4) is 6.07 Å². The van der Waals surface area contributed by atoms with E-state index in [9.17, 15) is 0 Å². The third-order valence-electron chi connectivity index (χ3n) is 4.63. The van der Waals surface area contributed by atoms with Gasteiger partial charge in [-0.2, -0.15) is 5.26 Å². The van der Waals surface area contributed by atoms with Crippen LogP contribution in [-0.2, 0) is 0 Å². The quantitative estimate of drug-likeness (QED) is 0.566. The molecule has 1 nitrogen and oxygen atoms in total. The van der Waals surface area contributed by atoms with Crippen molar-refractivity contribution in [2.45, 2.75) is 13.8 Å². The van der Waals surface area contributed by atoms with Crippen molar-refractivity contribution in [1.29, 1.82) is 5.26 Å². The van der Waals surface area contributed by atoms with Gasteiger partial charge in [0.2, 0.25) is 0 Å². The summed E-state index contributed by atoms with van der Waals surface area (Å²) in [5.41, 5.74) is 4.64. The number of hydrogen-bond acceptors (Lipinski definition) is 1. The maximum Gasteiger partial charge on any atom is 0.0836 e. The van der Waals surface area contributed by atoms with E-state index in [1.807, 2.05) is 36.5 Å². The number of allylic oxidation sites excluding steroid dienone is 14. The Hall–Kier alpha value is -3.37. The molecule has 0 saturated carbocycles. The van der Waals surface area contributed by atoms with Gasteiger partial charge in [-0.1, -0.05) is 123 Å². The van der Waals surface area contributed by atoms with Crippen molar-refractivity contribution in [1.82, 2.24) is 0 Å². The summed E-state index contributed by atoms with van der Waals surface area (Å²) in [6.45, 7) is 4.40. The number of benzene rings is 1. The molecule has 28 heavy (non-hydrogen) atoms. The Labute approximate surface area is 168 Å². The second-order valence-corrected chi connectivity index (χ2v) is 7.58. The monoisotopic (exact) mass is 363 g/mol. The first-order chi connectivity index (χ1) is 13.5. The molecule has 0 aliphatic heterocycles. The summed E-state index contributed by atoms with van der Waals surface area (Å²) in [4.78, 5) is 0. The minimum absolute atomic E-state index is 0.103. The van der Waals surface area contributed by atoms with Gasteiger partial charge in [0.1, 0.15) is 0 Å². The second-order valence-electron chi connectivity index (χ2n) is 7.58. The van der Waals surface area contributed by atoms with Gasteiger partial charge in [0.05, 0.1) is 12.0 Å². The van der Waals surface area contributed by atoms with E-state index in [-0.39, 0.29) is 11.3 Å². The number of nitriles is 1. The van der Waals surface area contributed by atoms with E-state index >= 15 is 0 Å². The highest BCUT2D eigenvalue weighted by Gasteiger charge is 2.09. The Balaban J connectivity index is 1.66. The van der Waals surface area contributed by atoms with Gasteiger partial charge in [-0.3, -0.25) is 0 Å². The summed E-state index contributed by atoms with van der Waals surface area (Å²) >= 11 is 0. The minimum Gasteiger partial charge on any atom is -0.197 e. The fourth-order valence-electron chi connectivity index (χ4n) is 2.90. The average Bonchev–Trinajstić information content (AvgIpc) is 3.03. The Morgan fingerprint density at radius 1 is 0.821 bits per heavy atom. The van der Waals surface area contributed by atoms with Gasteiger partial charge in [0.25, 0.3) is 0 Å². The standard InChI is InChI=1S/C27H25N/c1-27(2)18-5-8-22(17-19-27)9-10-23-11-13-24(14-12-23)15-16-25-6-3-4-7-26(20-25)21-28/h3-20,26H,1-2H3/b10-9+,16-15+. The van der Waals surface area contributed by atoms with Crippen LogP contribution < -0.4 is 0 Å². The molecule has 0 saturated heterocycles. The van der Waals surface area contributed by atoms with Crippen LogP contribution in [0.5, 0.6) is 0 Å². The zero-order valence-electron chi connectivity index (χ0n) is 16.4. The summed E-state index contributed by atoms with van der Waals surface area (Å²) in [7, 11) is 0. The molecule has 138 valence electrons. The normalized spacial score (nSPS) is 20.7. The maximum atomic E-state index is 9.12. The third kappa shape index (κ3) is 5.83. The smallest absolute Gasteiger partial charge is 0.0836 e. The van der Waals surface area contributed by atoms with Crippen molar-refractivity contribution in [3.05, 3.63) is 119 Å². The molecule has 1 unspecified atom stereocenters. The Bertz CT molecular complexity index is 978. The van der Waals surface area contributed by atoms with Crippen LogP contribution in [0.1, 0.15) is 25.0 Å². The van der Waals surface area contributed by atoms with Crippen molar-refractivity contribution in [2.24, 2.45) is 11.3 Å². The van der Waals surface area contributed by atoms with Crippen LogP contribution in [0.2, 0.25) is 0 Å². The molecule has 1 aromatic rings. The van der Waals surface area contributed by atoms with E-state index in [0.717, 1.165) is 11.1 Å². The molecule has 0 aromatic heterocycles. The largest absolute Gasteiger partial charge is 0.197 e. The molecule has 0 spiro atoms. The van der Waals surface area contributed by atoms with Gasteiger partial charge in [-0.15, -0.1) is 0 Å². The molecule has 0 amide bonds. The van der Waals surface area contributed by atoms with Crippen molar-refractivity contribution < 1.29 is 0 Å². The first-order valence-electron chi connectivity index (χ1n) is 9.55. The molecule has 0 N–H and O–H groups in total. The van der Waals surface area contributed by atoms with Gasteiger partial charge in [-0.05, 0) is 22.3 Å². The summed E-state index contributed by atoms with van der Waals surface area (Å²) in [5.74, 6) is -0.171. The fraction of sp³-hybridized carbons (Fsp3) is 0.148. The van der Waals surface area contributed by atoms with Crippen molar-refractivity contribution in [2.75, 3.05) is 0 Å². The van der Waals surface area contributed by atoms with Gasteiger partial charge in [0, 0.05) is 5.41 Å². The molecule has 1 atom stereocenters. The number of nitrogens with zero attached hydrogens (tertiary/aromatic N) is 1. The molecular weight excluding hydrogens is 338 g/mol. The van der Waals surface area contributed by atoms with Crippen LogP contribution in [0.3, 0.4) is 0 Å². The topological polar surface area (TPSA) is 23.8 Å². The molecule has 0 heterocycles. The first-order valence-corrected chi connectivity index (χ1v) is 9.55. The minimum atomic E-state index is -0.171. The maximum absolute atomic E-state index is 9.12. The zero-order valence-corrected chi connectivity index (χ0v) is 16.4. The molecular formula is C27H25N. The average molecular weight is 364 g/mol. The predicted molar refractivity (Wildman–Crippen MR) is 120 cm³/mol. The van der Waals surface area contributed by atoms with Crippen LogP contribution in [0.15, 0.2) is 108 Å². The van der Waals surface area contributed by atoms with Crippen LogP contribution in [-0.4, -0.2) is 0 Å². The predicted octanol–water partition coefficient (Wildman–Crippen LogP) is 6.98. The fourth-order valence-corrected chi connectivity index (χ4v) is 2.90. The van der Waals surface area contributed by atoms with Gasteiger partial charge in [-0.25, -0.2) is 0 Å². The highest BCUT2D eigenvalue weighted by molar-refractivity contribution is 5.60. The lowest BCUT2D eigenvalue weighted by molar-refractivity contribution is 0.627. The van der Waals surface area contributed by atoms with Crippen molar-refractivity contribution >= 4 is 12.2 Å². The molecule has 0 radical (unpaired) electrons. The van der Waals surface area contributed by atoms with Crippen molar-refractivity contribution in [3.63, 3.8) is 0 Å². The highest BCUT2D eigenvalue weighted by Crippen LogP contribution is 2.23. The van der Waals surface area contributed by atoms with E-state index < -0.39 is 0 Å². The highest BCUT2D eigenvalue weighted by atomic mass is 14.3. The van der Waals surface area contributed by atoms with Crippen LogP contribution in [0.25, 0.3) is 12.2 Å². The molecule has 1 aromatic carbocycles. The van der Waals surface area contributed by atoms with Crippen LogP contribution >= 0.6 is 0 Å². The van der Waals surface area contributed by atoms with E-state index in [1.165, 1.54) is 11.1 Å². The van der Waals surface area contributed by atoms with E-state index in [0.29, 0.717) is 0 Å². The summed E-state index contributed by atoms with van der Waals surface area (Å²) < 4.78 is 0. The third-order valence-corrected chi connectivity index (χ3v) is 4.63. The Morgan fingerprint density at radius 3 is 2.18 bits per heavy atom. The molecule has 2 aliphatic carbocycles. The summed E-state index contributed by atoms with van der Waals surface area (Å²) in [6, 6.07) is 10.7. The summed E-state index contributed by atoms with van der Waals surface area (Å²) in [5, 5.41) is 9.12. The Morgan fingerprint density at radius 2 is 1.50 bits per heavy atom. The van der Waals surface area contributed by atoms with E-state index in [1.54, 1.807) is 0 Å². The first kappa shape index (κ1) is 19.4. The second kappa shape index (κ2) is 9.02. The van der Waals surface area contributed by atoms with Gasteiger partial charge >= 0.3 is 0 Å². The van der Waals surface area contributed by atoms with E-state index in [4.69, 9.17) is 5.26 Å². The molecule has 1 heteroatoms. The molecule has 0 bridgehead atoms. The summed E-state index contributed by atoms with van der Waals surface area (Å²) in [6.07, 6.45) is 29.0. The number of hydrogen-bond donors (Lipinski definition) is 0. The van der Waals surface area contributed by atoms with Crippen LogP contribution in [0, 0.1) is 22.7 Å². The number of rotatable bonds is 4. The molecule has 3 rings (SSSR count). The van der Waals surface area contributed by atoms with Gasteiger partial charge < -0.3 is 0 Å². The lowest BCUT2D eigenvalue weighted by Crippen LogP contribution is -2.00. The lowest BCUT2D eigenvalue weighted by Gasteiger charge is -2.12. The lowest BCUT2D eigenvalue weighted by atomic mass is 9.93. The molecule has 2 aliphatic rings. The van der Waals surface area contributed by atoms with Crippen LogP contribution in [0.4, 0.5) is 0 Å². The molecule has 0 fully saturated rings. The zero-order chi connectivity index (χ0) is 19.8. The van der Waals surface area contributed by atoms with E-state index in [2.05, 4.69) is 92.8 Å². The van der Waals surface area contributed by atoms with Gasteiger partial charge in [0.15, 0.2) is 0 Å². The Kier molecular flexibility index (Phi) is 6.25.